The number of benzene rings is 1. The molecular formula is C8H9NO3. The van der Waals surface area contributed by atoms with E-state index >= 15 is 0 Å². The largest absolute Gasteiger partial charge is 0.508 e. The third-order valence-electron chi connectivity index (χ3n) is 1.52. The molecule has 0 spiro atoms. The second-order valence-electron chi connectivity index (χ2n) is 2.39. The fraction of sp³-hybridized carbons (Fsp3) is 0.125. The lowest BCUT2D eigenvalue weighted by atomic mass is 10.1. The minimum absolute atomic E-state index is 0.0193. The van der Waals surface area contributed by atoms with Crippen LogP contribution in [0.25, 0.3) is 0 Å². The van der Waals surface area contributed by atoms with Gasteiger partial charge in [-0.1, -0.05) is 5.16 Å². The monoisotopic (exact) mass is 167 g/mol. The van der Waals surface area contributed by atoms with Gasteiger partial charge in [0.1, 0.15) is 11.5 Å². The van der Waals surface area contributed by atoms with E-state index in [2.05, 4.69) is 5.16 Å². The second kappa shape index (κ2) is 3.13. The number of hydrogen-bond acceptors (Lipinski definition) is 4. The van der Waals surface area contributed by atoms with Crippen molar-refractivity contribution in [2.75, 3.05) is 0 Å². The van der Waals surface area contributed by atoms with E-state index in [0.29, 0.717) is 5.56 Å². The Bertz CT molecular complexity index is 320. The molecule has 0 amide bonds. The highest BCUT2D eigenvalue weighted by Gasteiger charge is 2.05. The van der Waals surface area contributed by atoms with Crippen LogP contribution in [0.15, 0.2) is 23.4 Å². The number of hydrogen-bond donors (Lipinski definition) is 3. The molecule has 4 nitrogen and oxygen atoms in total. The van der Waals surface area contributed by atoms with Crippen LogP contribution >= 0.6 is 0 Å². The topological polar surface area (TPSA) is 73.1 Å². The van der Waals surface area contributed by atoms with Gasteiger partial charge in [0.05, 0.1) is 5.71 Å². The van der Waals surface area contributed by atoms with Crippen molar-refractivity contribution in [2.24, 2.45) is 5.16 Å². The number of aromatic hydroxyl groups is 2. The Morgan fingerprint density at radius 3 is 2.58 bits per heavy atom. The molecule has 1 aromatic carbocycles. The molecule has 0 fully saturated rings. The standard InChI is InChI=1S/C8H9NO3/c1-5(9-12)7-4-6(10)2-3-8(7)11/h2-4,10-12H,1H3/b9-5-. The van der Waals surface area contributed by atoms with Gasteiger partial charge < -0.3 is 15.4 Å². The first-order valence-corrected chi connectivity index (χ1v) is 3.36. The molecule has 0 radical (unpaired) electrons. The minimum Gasteiger partial charge on any atom is -0.508 e. The molecule has 4 heteroatoms. The van der Waals surface area contributed by atoms with Gasteiger partial charge in [0.15, 0.2) is 0 Å². The van der Waals surface area contributed by atoms with Crippen molar-refractivity contribution in [1.29, 1.82) is 0 Å². The minimum atomic E-state index is -0.0249. The van der Waals surface area contributed by atoms with Crippen LogP contribution in [-0.2, 0) is 0 Å². The molecule has 0 aliphatic rings. The van der Waals surface area contributed by atoms with Crippen molar-refractivity contribution in [1.82, 2.24) is 0 Å². The predicted molar refractivity (Wildman–Crippen MR) is 43.8 cm³/mol. The third-order valence-corrected chi connectivity index (χ3v) is 1.52. The maximum atomic E-state index is 9.23. The van der Waals surface area contributed by atoms with E-state index in [1.54, 1.807) is 0 Å². The van der Waals surface area contributed by atoms with Crippen LogP contribution in [0.4, 0.5) is 0 Å². The molecule has 0 unspecified atom stereocenters. The maximum Gasteiger partial charge on any atom is 0.125 e. The Morgan fingerprint density at radius 2 is 2.00 bits per heavy atom. The summed E-state index contributed by atoms with van der Waals surface area (Å²) in [5.41, 5.74) is 0.570. The maximum absolute atomic E-state index is 9.23. The summed E-state index contributed by atoms with van der Waals surface area (Å²) >= 11 is 0. The molecule has 0 aliphatic carbocycles. The van der Waals surface area contributed by atoms with Gasteiger partial charge in [-0.05, 0) is 25.1 Å². The molecule has 1 rings (SSSR count). The lowest BCUT2D eigenvalue weighted by Crippen LogP contribution is -1.94. The fourth-order valence-corrected chi connectivity index (χ4v) is 0.868. The molecule has 64 valence electrons. The van der Waals surface area contributed by atoms with Gasteiger partial charge >= 0.3 is 0 Å². The predicted octanol–water partition coefficient (Wildman–Crippen LogP) is 1.30. The number of rotatable bonds is 1. The van der Waals surface area contributed by atoms with Gasteiger partial charge in [0.25, 0.3) is 0 Å². The van der Waals surface area contributed by atoms with Gasteiger partial charge in [-0.25, -0.2) is 0 Å². The normalized spacial score (nSPS) is 11.6. The van der Waals surface area contributed by atoms with Crippen molar-refractivity contribution < 1.29 is 15.4 Å². The van der Waals surface area contributed by atoms with Crippen LogP contribution in [0.3, 0.4) is 0 Å². The van der Waals surface area contributed by atoms with E-state index in [0.717, 1.165) is 0 Å². The van der Waals surface area contributed by atoms with Crippen molar-refractivity contribution in [2.45, 2.75) is 6.92 Å². The molecule has 0 heterocycles. The van der Waals surface area contributed by atoms with Gasteiger partial charge in [-0.3, -0.25) is 0 Å². The summed E-state index contributed by atoms with van der Waals surface area (Å²) in [6, 6.07) is 4.01. The Hall–Kier alpha value is -1.71. The van der Waals surface area contributed by atoms with E-state index in [9.17, 15) is 5.11 Å². The highest BCUT2D eigenvalue weighted by Crippen LogP contribution is 2.22. The molecule has 1 aromatic rings. The first-order chi connectivity index (χ1) is 5.65. The van der Waals surface area contributed by atoms with E-state index in [1.165, 1.54) is 25.1 Å². The van der Waals surface area contributed by atoms with Crippen LogP contribution in [0, 0.1) is 0 Å². The van der Waals surface area contributed by atoms with E-state index in [-0.39, 0.29) is 17.2 Å². The number of nitrogens with zero attached hydrogens (tertiary/aromatic N) is 1. The zero-order chi connectivity index (χ0) is 9.14. The summed E-state index contributed by atoms with van der Waals surface area (Å²) in [6.07, 6.45) is 0. The first kappa shape index (κ1) is 8.39. The van der Waals surface area contributed by atoms with Gasteiger partial charge in [-0.15, -0.1) is 0 Å². The highest BCUT2D eigenvalue weighted by atomic mass is 16.4. The summed E-state index contributed by atoms with van der Waals surface area (Å²) < 4.78 is 0. The molecule has 0 saturated heterocycles. The highest BCUT2D eigenvalue weighted by molar-refractivity contribution is 6.00. The molecule has 0 saturated carbocycles. The molecular weight excluding hydrogens is 158 g/mol. The first-order valence-electron chi connectivity index (χ1n) is 3.36. The summed E-state index contributed by atoms with van der Waals surface area (Å²) in [6.45, 7) is 1.52. The van der Waals surface area contributed by atoms with Crippen molar-refractivity contribution >= 4 is 5.71 Å². The van der Waals surface area contributed by atoms with Gasteiger partial charge in [0.2, 0.25) is 0 Å². The zero-order valence-electron chi connectivity index (χ0n) is 6.52. The number of oxime groups is 1. The summed E-state index contributed by atoms with van der Waals surface area (Å²) in [5.74, 6) is -0.00565. The average molecular weight is 167 g/mol. The van der Waals surface area contributed by atoms with Crippen molar-refractivity contribution in [3.05, 3.63) is 23.8 Å². The number of phenolic OH excluding ortho intramolecular Hbond substituents is 2. The smallest absolute Gasteiger partial charge is 0.125 e. The van der Waals surface area contributed by atoms with Crippen molar-refractivity contribution in [3.8, 4) is 11.5 Å². The average Bonchev–Trinajstić information content (AvgIpc) is 2.08. The third kappa shape index (κ3) is 1.47. The lowest BCUT2D eigenvalue weighted by molar-refractivity contribution is 0.318. The fourth-order valence-electron chi connectivity index (χ4n) is 0.868. The van der Waals surface area contributed by atoms with Crippen molar-refractivity contribution in [3.63, 3.8) is 0 Å². The summed E-state index contributed by atoms with van der Waals surface area (Å²) in [7, 11) is 0. The summed E-state index contributed by atoms with van der Waals surface area (Å²) in [5, 5.41) is 29.6. The molecule has 12 heavy (non-hydrogen) atoms. The van der Waals surface area contributed by atoms with Crippen LogP contribution in [-0.4, -0.2) is 21.1 Å². The van der Waals surface area contributed by atoms with E-state index in [1.807, 2.05) is 0 Å². The summed E-state index contributed by atoms with van der Waals surface area (Å²) in [4.78, 5) is 0. The lowest BCUT2D eigenvalue weighted by Gasteiger charge is -2.02. The Morgan fingerprint density at radius 1 is 1.33 bits per heavy atom. The molecule has 0 atom stereocenters. The Kier molecular flexibility index (Phi) is 2.19. The quantitative estimate of drug-likeness (QED) is 0.255. The SMILES string of the molecule is C/C(=N/O)c1cc(O)ccc1O. The Balaban J connectivity index is 3.23. The van der Waals surface area contributed by atoms with Crippen LogP contribution in [0.2, 0.25) is 0 Å². The molecule has 0 bridgehead atoms. The molecule has 0 aliphatic heterocycles. The zero-order valence-corrected chi connectivity index (χ0v) is 6.52. The van der Waals surface area contributed by atoms with E-state index < -0.39 is 0 Å². The van der Waals surface area contributed by atoms with Crippen LogP contribution in [0.1, 0.15) is 12.5 Å². The van der Waals surface area contributed by atoms with Gasteiger partial charge in [-0.2, -0.15) is 0 Å². The molecule has 3 N–H and O–H groups in total. The Labute approximate surface area is 69.4 Å². The van der Waals surface area contributed by atoms with Gasteiger partial charge in [0, 0.05) is 5.56 Å². The second-order valence-corrected chi connectivity index (χ2v) is 2.39. The van der Waals surface area contributed by atoms with Crippen LogP contribution in [0.5, 0.6) is 11.5 Å². The van der Waals surface area contributed by atoms with E-state index in [4.69, 9.17) is 10.3 Å². The number of phenols is 2. The van der Waals surface area contributed by atoms with Crippen LogP contribution < -0.4 is 0 Å². The molecule has 0 aromatic heterocycles.